The third kappa shape index (κ3) is 4.14. The van der Waals surface area contributed by atoms with Crippen molar-refractivity contribution in [3.63, 3.8) is 0 Å². The average molecular weight is 326 g/mol. The highest BCUT2D eigenvalue weighted by Crippen LogP contribution is 2.10. The minimum atomic E-state index is -0.272. The summed E-state index contributed by atoms with van der Waals surface area (Å²) in [6, 6.07) is 16.0. The van der Waals surface area contributed by atoms with Gasteiger partial charge in [-0.05, 0) is 60.2 Å². The van der Waals surface area contributed by atoms with E-state index in [0.717, 1.165) is 16.9 Å². The van der Waals surface area contributed by atoms with Gasteiger partial charge in [0, 0.05) is 24.6 Å². The SMILES string of the molecule is Fc1ccc(NC(=S)NCc2ccc(-n3cccn3)cc2)cc1. The van der Waals surface area contributed by atoms with E-state index in [1.807, 2.05) is 36.5 Å². The van der Waals surface area contributed by atoms with E-state index in [4.69, 9.17) is 12.2 Å². The van der Waals surface area contributed by atoms with Gasteiger partial charge in [0.2, 0.25) is 0 Å². The van der Waals surface area contributed by atoms with Gasteiger partial charge in [0.05, 0.1) is 5.69 Å². The number of rotatable bonds is 4. The van der Waals surface area contributed by atoms with E-state index in [0.29, 0.717) is 11.7 Å². The number of hydrogen-bond acceptors (Lipinski definition) is 2. The molecule has 6 heteroatoms. The van der Waals surface area contributed by atoms with Gasteiger partial charge in [0.25, 0.3) is 0 Å². The quantitative estimate of drug-likeness (QED) is 0.720. The molecule has 3 aromatic rings. The number of thiocarbonyl (C=S) groups is 1. The Balaban J connectivity index is 1.53. The van der Waals surface area contributed by atoms with E-state index in [2.05, 4.69) is 15.7 Å². The first-order valence-corrected chi connectivity index (χ1v) is 7.51. The zero-order valence-corrected chi connectivity index (χ0v) is 13.1. The fraction of sp³-hybridized carbons (Fsp3) is 0.0588. The van der Waals surface area contributed by atoms with Gasteiger partial charge in [-0.2, -0.15) is 5.10 Å². The van der Waals surface area contributed by atoms with Crippen LogP contribution in [-0.4, -0.2) is 14.9 Å². The molecule has 0 spiro atoms. The third-order valence-electron chi connectivity index (χ3n) is 3.26. The van der Waals surface area contributed by atoms with Crippen LogP contribution in [0.25, 0.3) is 5.69 Å². The molecule has 1 heterocycles. The van der Waals surface area contributed by atoms with E-state index >= 15 is 0 Å². The van der Waals surface area contributed by atoms with Crippen molar-refractivity contribution in [2.24, 2.45) is 0 Å². The summed E-state index contributed by atoms with van der Waals surface area (Å²) in [4.78, 5) is 0. The second-order valence-corrected chi connectivity index (χ2v) is 5.34. The van der Waals surface area contributed by atoms with Crippen molar-refractivity contribution in [3.05, 3.63) is 78.4 Å². The molecule has 0 aliphatic rings. The molecule has 116 valence electrons. The smallest absolute Gasteiger partial charge is 0.171 e. The Morgan fingerprint density at radius 2 is 1.83 bits per heavy atom. The standard InChI is InChI=1S/C17H15FN4S/c18-14-4-6-15(7-5-14)21-17(23)19-12-13-2-8-16(9-3-13)22-11-1-10-20-22/h1-11H,12H2,(H2,19,21,23). The van der Waals surface area contributed by atoms with Crippen LogP contribution in [0.5, 0.6) is 0 Å². The number of benzene rings is 2. The van der Waals surface area contributed by atoms with Crippen LogP contribution in [0.4, 0.5) is 10.1 Å². The maximum absolute atomic E-state index is 12.8. The number of halogens is 1. The molecule has 2 N–H and O–H groups in total. The van der Waals surface area contributed by atoms with Gasteiger partial charge in [-0.15, -0.1) is 0 Å². The fourth-order valence-corrected chi connectivity index (χ4v) is 2.27. The molecule has 0 amide bonds. The van der Waals surface area contributed by atoms with Crippen molar-refractivity contribution in [3.8, 4) is 5.69 Å². The molecule has 1 aromatic heterocycles. The number of aromatic nitrogens is 2. The second-order valence-electron chi connectivity index (χ2n) is 4.93. The molecule has 23 heavy (non-hydrogen) atoms. The van der Waals surface area contributed by atoms with Gasteiger partial charge in [-0.3, -0.25) is 0 Å². The molecule has 0 aliphatic carbocycles. The molecule has 0 radical (unpaired) electrons. The summed E-state index contributed by atoms with van der Waals surface area (Å²) in [5.41, 5.74) is 2.85. The van der Waals surface area contributed by atoms with Gasteiger partial charge in [0.15, 0.2) is 5.11 Å². The largest absolute Gasteiger partial charge is 0.358 e. The van der Waals surface area contributed by atoms with Crippen molar-refractivity contribution < 1.29 is 4.39 Å². The van der Waals surface area contributed by atoms with Gasteiger partial charge >= 0.3 is 0 Å². The Kier molecular flexibility index (Phi) is 4.63. The summed E-state index contributed by atoms with van der Waals surface area (Å²) < 4.78 is 14.6. The summed E-state index contributed by atoms with van der Waals surface area (Å²) in [7, 11) is 0. The zero-order chi connectivity index (χ0) is 16.1. The van der Waals surface area contributed by atoms with Crippen LogP contribution in [0.2, 0.25) is 0 Å². The summed E-state index contributed by atoms with van der Waals surface area (Å²) >= 11 is 5.23. The molecule has 0 aliphatic heterocycles. The van der Waals surface area contributed by atoms with Gasteiger partial charge < -0.3 is 10.6 Å². The third-order valence-corrected chi connectivity index (χ3v) is 3.51. The molecule has 0 atom stereocenters. The van der Waals surface area contributed by atoms with Crippen LogP contribution in [-0.2, 0) is 6.54 Å². The molecular weight excluding hydrogens is 311 g/mol. The Morgan fingerprint density at radius 1 is 1.09 bits per heavy atom. The van der Waals surface area contributed by atoms with Crippen molar-refractivity contribution in [2.75, 3.05) is 5.32 Å². The maximum atomic E-state index is 12.8. The Labute approximate surface area is 139 Å². The second kappa shape index (κ2) is 7.02. The van der Waals surface area contributed by atoms with Crippen LogP contribution in [0.1, 0.15) is 5.56 Å². The average Bonchev–Trinajstić information content (AvgIpc) is 3.10. The molecule has 0 saturated carbocycles. The topological polar surface area (TPSA) is 41.9 Å². The molecule has 0 fully saturated rings. The van der Waals surface area contributed by atoms with Crippen LogP contribution in [0.15, 0.2) is 67.0 Å². The van der Waals surface area contributed by atoms with E-state index in [1.54, 1.807) is 23.0 Å². The molecule has 0 unspecified atom stereocenters. The minimum Gasteiger partial charge on any atom is -0.358 e. The molecule has 0 bridgehead atoms. The predicted octanol–water partition coefficient (Wildman–Crippen LogP) is 3.50. The highest BCUT2D eigenvalue weighted by atomic mass is 32.1. The first kappa shape index (κ1) is 15.2. The molecule has 2 aromatic carbocycles. The monoisotopic (exact) mass is 326 g/mol. The Bertz CT molecular complexity index is 767. The molecular formula is C17H15FN4S. The first-order valence-electron chi connectivity index (χ1n) is 7.10. The zero-order valence-electron chi connectivity index (χ0n) is 12.2. The number of nitrogens with zero attached hydrogens (tertiary/aromatic N) is 2. The van der Waals surface area contributed by atoms with E-state index < -0.39 is 0 Å². The number of anilines is 1. The number of nitrogens with one attached hydrogen (secondary N) is 2. The predicted molar refractivity (Wildman–Crippen MR) is 93.0 cm³/mol. The summed E-state index contributed by atoms with van der Waals surface area (Å²) in [6.07, 6.45) is 3.64. The lowest BCUT2D eigenvalue weighted by atomic mass is 10.2. The minimum absolute atomic E-state index is 0.272. The summed E-state index contributed by atoms with van der Waals surface area (Å²) in [5.74, 6) is -0.272. The normalized spacial score (nSPS) is 10.3. The lowest BCUT2D eigenvalue weighted by Gasteiger charge is -2.11. The fourth-order valence-electron chi connectivity index (χ4n) is 2.08. The Hall–Kier alpha value is -2.73. The Morgan fingerprint density at radius 3 is 2.48 bits per heavy atom. The lowest BCUT2D eigenvalue weighted by Crippen LogP contribution is -2.27. The summed E-state index contributed by atoms with van der Waals surface area (Å²) in [6.45, 7) is 0.604. The first-order chi connectivity index (χ1) is 11.2. The van der Waals surface area contributed by atoms with Crippen LogP contribution >= 0.6 is 12.2 Å². The molecule has 3 rings (SSSR count). The van der Waals surface area contributed by atoms with Crippen molar-refractivity contribution in [1.82, 2.24) is 15.1 Å². The van der Waals surface area contributed by atoms with Crippen LogP contribution in [0.3, 0.4) is 0 Å². The van der Waals surface area contributed by atoms with Gasteiger partial charge in [-0.25, -0.2) is 9.07 Å². The van der Waals surface area contributed by atoms with Gasteiger partial charge in [-0.1, -0.05) is 12.1 Å². The van der Waals surface area contributed by atoms with Crippen molar-refractivity contribution >= 4 is 23.0 Å². The van der Waals surface area contributed by atoms with Crippen LogP contribution in [0, 0.1) is 5.82 Å². The van der Waals surface area contributed by atoms with E-state index in [1.165, 1.54) is 12.1 Å². The van der Waals surface area contributed by atoms with Crippen molar-refractivity contribution in [1.29, 1.82) is 0 Å². The number of hydrogen-bond donors (Lipinski definition) is 2. The van der Waals surface area contributed by atoms with Crippen LogP contribution < -0.4 is 10.6 Å². The lowest BCUT2D eigenvalue weighted by molar-refractivity contribution is 0.628. The highest BCUT2D eigenvalue weighted by molar-refractivity contribution is 7.80. The summed E-state index contributed by atoms with van der Waals surface area (Å²) in [5, 5.41) is 10.8. The maximum Gasteiger partial charge on any atom is 0.171 e. The van der Waals surface area contributed by atoms with Crippen molar-refractivity contribution in [2.45, 2.75) is 6.54 Å². The van der Waals surface area contributed by atoms with Gasteiger partial charge in [0.1, 0.15) is 5.82 Å². The van der Waals surface area contributed by atoms with E-state index in [9.17, 15) is 4.39 Å². The molecule has 0 saturated heterocycles. The molecule has 4 nitrogen and oxygen atoms in total. The highest BCUT2D eigenvalue weighted by Gasteiger charge is 2.00. The van der Waals surface area contributed by atoms with E-state index in [-0.39, 0.29) is 5.82 Å².